The molecule has 4 nitrogen and oxygen atoms in total. The standard InChI is InChI=1S/C20H20O4/c1-3-9-24-19-11-13(7-8-18(19)23-2)10-14-12-16-15(20(14)22)5-4-6-17(16)21/h4-8,10-11,21H,3,9,12H2,1-2H3/b14-10+. The zero-order valence-electron chi connectivity index (χ0n) is 13.8. The van der Waals surface area contributed by atoms with Crippen molar-refractivity contribution in [3.05, 3.63) is 58.7 Å². The lowest BCUT2D eigenvalue weighted by molar-refractivity contribution is 0.104. The predicted octanol–water partition coefficient (Wildman–Crippen LogP) is 4.01. The Hall–Kier alpha value is -2.75. The molecule has 4 heteroatoms. The third kappa shape index (κ3) is 3.00. The van der Waals surface area contributed by atoms with Crippen molar-refractivity contribution in [1.82, 2.24) is 0 Å². The fourth-order valence-electron chi connectivity index (χ4n) is 2.84. The maximum absolute atomic E-state index is 12.5. The Balaban J connectivity index is 1.92. The molecule has 0 radical (unpaired) electrons. The molecule has 124 valence electrons. The number of carbonyl (C=O) groups excluding carboxylic acids is 1. The lowest BCUT2D eigenvalue weighted by Crippen LogP contribution is -1.98. The van der Waals surface area contributed by atoms with Gasteiger partial charge in [-0.05, 0) is 36.3 Å². The van der Waals surface area contributed by atoms with Gasteiger partial charge < -0.3 is 14.6 Å². The minimum absolute atomic E-state index is 0.0345. The average molecular weight is 324 g/mol. The summed E-state index contributed by atoms with van der Waals surface area (Å²) < 4.78 is 11.0. The maximum Gasteiger partial charge on any atom is 0.189 e. The predicted molar refractivity (Wildman–Crippen MR) is 92.9 cm³/mol. The number of benzene rings is 2. The van der Waals surface area contributed by atoms with Gasteiger partial charge in [-0.15, -0.1) is 0 Å². The van der Waals surface area contributed by atoms with Crippen LogP contribution in [-0.4, -0.2) is 24.6 Å². The van der Waals surface area contributed by atoms with Gasteiger partial charge in [0.05, 0.1) is 13.7 Å². The number of hydrogen-bond donors (Lipinski definition) is 1. The van der Waals surface area contributed by atoms with Gasteiger partial charge in [-0.1, -0.05) is 25.1 Å². The van der Waals surface area contributed by atoms with Gasteiger partial charge in [-0.2, -0.15) is 0 Å². The highest BCUT2D eigenvalue weighted by molar-refractivity contribution is 6.16. The third-order valence-corrected chi connectivity index (χ3v) is 4.05. The number of allylic oxidation sites excluding steroid dienone is 1. The van der Waals surface area contributed by atoms with Gasteiger partial charge in [-0.25, -0.2) is 0 Å². The van der Waals surface area contributed by atoms with Gasteiger partial charge in [0, 0.05) is 23.1 Å². The SMILES string of the molecule is CCCOc1cc(/C=C2\Cc3c(O)cccc3C2=O)ccc1OC. The summed E-state index contributed by atoms with van der Waals surface area (Å²) in [5, 5.41) is 9.93. The fourth-order valence-corrected chi connectivity index (χ4v) is 2.84. The van der Waals surface area contributed by atoms with Crippen molar-refractivity contribution >= 4 is 11.9 Å². The number of ether oxygens (including phenoxy) is 2. The molecule has 1 aliphatic rings. The van der Waals surface area contributed by atoms with Gasteiger partial charge in [0.2, 0.25) is 0 Å². The largest absolute Gasteiger partial charge is 0.508 e. The highest BCUT2D eigenvalue weighted by Crippen LogP contribution is 2.35. The van der Waals surface area contributed by atoms with E-state index in [1.807, 2.05) is 31.2 Å². The first-order chi connectivity index (χ1) is 11.6. The van der Waals surface area contributed by atoms with Gasteiger partial charge in [0.25, 0.3) is 0 Å². The highest BCUT2D eigenvalue weighted by Gasteiger charge is 2.26. The summed E-state index contributed by atoms with van der Waals surface area (Å²) in [5.41, 5.74) is 2.82. The second-order valence-electron chi connectivity index (χ2n) is 5.74. The number of phenolic OH excluding ortho intramolecular Hbond substituents is 1. The van der Waals surface area contributed by atoms with Crippen molar-refractivity contribution in [1.29, 1.82) is 0 Å². The summed E-state index contributed by atoms with van der Waals surface area (Å²) >= 11 is 0. The van der Waals surface area contributed by atoms with Crippen LogP contribution < -0.4 is 9.47 Å². The zero-order valence-corrected chi connectivity index (χ0v) is 13.8. The molecule has 2 aromatic carbocycles. The van der Waals surface area contributed by atoms with E-state index in [2.05, 4.69) is 0 Å². The first kappa shape index (κ1) is 16.1. The molecule has 0 saturated heterocycles. The topological polar surface area (TPSA) is 55.8 Å². The molecule has 0 fully saturated rings. The number of rotatable bonds is 5. The average Bonchev–Trinajstić information content (AvgIpc) is 2.91. The van der Waals surface area contributed by atoms with E-state index in [9.17, 15) is 9.90 Å². The molecule has 0 spiro atoms. The van der Waals surface area contributed by atoms with E-state index in [0.29, 0.717) is 41.2 Å². The molecule has 0 unspecified atom stereocenters. The first-order valence-electron chi connectivity index (χ1n) is 8.01. The van der Waals surface area contributed by atoms with Crippen LogP contribution in [0.2, 0.25) is 0 Å². The Labute approximate surface area is 141 Å². The monoisotopic (exact) mass is 324 g/mol. The van der Waals surface area contributed by atoms with Crippen LogP contribution in [-0.2, 0) is 6.42 Å². The molecular weight excluding hydrogens is 304 g/mol. The van der Waals surface area contributed by atoms with Crippen LogP contribution in [0.1, 0.15) is 34.8 Å². The number of Topliss-reactive ketones (excluding diaryl/α,β-unsaturated/α-hetero) is 1. The third-order valence-electron chi connectivity index (χ3n) is 4.05. The van der Waals surface area contributed by atoms with Crippen molar-refractivity contribution in [2.45, 2.75) is 19.8 Å². The lowest BCUT2D eigenvalue weighted by Gasteiger charge is -2.10. The highest BCUT2D eigenvalue weighted by atomic mass is 16.5. The van der Waals surface area contributed by atoms with Crippen molar-refractivity contribution in [3.8, 4) is 17.2 Å². The summed E-state index contributed by atoms with van der Waals surface area (Å²) in [6, 6.07) is 10.7. The van der Waals surface area contributed by atoms with Crippen LogP contribution in [0.3, 0.4) is 0 Å². The minimum Gasteiger partial charge on any atom is -0.508 e. The van der Waals surface area contributed by atoms with Crippen LogP contribution in [0.5, 0.6) is 17.2 Å². The van der Waals surface area contributed by atoms with E-state index < -0.39 is 0 Å². The van der Waals surface area contributed by atoms with E-state index in [0.717, 1.165) is 12.0 Å². The number of ketones is 1. The number of aromatic hydroxyl groups is 1. The van der Waals surface area contributed by atoms with E-state index >= 15 is 0 Å². The van der Waals surface area contributed by atoms with Gasteiger partial charge >= 0.3 is 0 Å². The van der Waals surface area contributed by atoms with Crippen molar-refractivity contribution in [3.63, 3.8) is 0 Å². The second-order valence-corrected chi connectivity index (χ2v) is 5.74. The van der Waals surface area contributed by atoms with Gasteiger partial charge in [0.15, 0.2) is 17.3 Å². The van der Waals surface area contributed by atoms with Crippen molar-refractivity contribution < 1.29 is 19.4 Å². The molecule has 3 rings (SSSR count). The Morgan fingerprint density at radius 2 is 2.04 bits per heavy atom. The number of carbonyl (C=O) groups is 1. The summed E-state index contributed by atoms with van der Waals surface area (Å²) in [4.78, 5) is 12.5. The summed E-state index contributed by atoms with van der Waals surface area (Å²) in [6.07, 6.45) is 3.19. The Kier molecular flexibility index (Phi) is 4.56. The van der Waals surface area contributed by atoms with Crippen molar-refractivity contribution in [2.24, 2.45) is 0 Å². The van der Waals surface area contributed by atoms with Crippen LogP contribution in [0.4, 0.5) is 0 Å². The molecule has 0 heterocycles. The molecule has 0 aromatic heterocycles. The van der Waals surface area contributed by atoms with Gasteiger partial charge in [0.1, 0.15) is 5.75 Å². The van der Waals surface area contributed by atoms with E-state index in [4.69, 9.17) is 9.47 Å². The number of hydrogen-bond acceptors (Lipinski definition) is 4. The normalized spacial score (nSPS) is 14.8. The number of methoxy groups -OCH3 is 1. The minimum atomic E-state index is -0.0345. The Morgan fingerprint density at radius 3 is 2.75 bits per heavy atom. The number of phenols is 1. The Bertz CT molecular complexity index is 805. The molecule has 24 heavy (non-hydrogen) atoms. The lowest BCUT2D eigenvalue weighted by atomic mass is 10.1. The van der Waals surface area contributed by atoms with Gasteiger partial charge in [-0.3, -0.25) is 4.79 Å². The van der Waals surface area contributed by atoms with Crippen LogP contribution in [0, 0.1) is 0 Å². The fraction of sp³-hybridized carbons (Fsp3) is 0.250. The zero-order chi connectivity index (χ0) is 17.1. The van der Waals surface area contributed by atoms with E-state index in [1.165, 1.54) is 0 Å². The molecular formula is C20H20O4. The summed E-state index contributed by atoms with van der Waals surface area (Å²) in [6.45, 7) is 2.65. The quantitative estimate of drug-likeness (QED) is 0.844. The van der Waals surface area contributed by atoms with Crippen molar-refractivity contribution in [2.75, 3.05) is 13.7 Å². The first-order valence-corrected chi connectivity index (χ1v) is 8.01. The van der Waals surface area contributed by atoms with E-state index in [-0.39, 0.29) is 11.5 Å². The molecule has 1 N–H and O–H groups in total. The summed E-state index contributed by atoms with van der Waals surface area (Å²) in [7, 11) is 1.60. The molecule has 2 aromatic rings. The Morgan fingerprint density at radius 1 is 1.21 bits per heavy atom. The molecule has 0 aliphatic heterocycles. The molecule has 0 saturated carbocycles. The smallest absolute Gasteiger partial charge is 0.189 e. The van der Waals surface area contributed by atoms with Crippen LogP contribution in [0.25, 0.3) is 6.08 Å². The van der Waals surface area contributed by atoms with Crippen LogP contribution in [0.15, 0.2) is 42.0 Å². The summed E-state index contributed by atoms with van der Waals surface area (Å²) in [5.74, 6) is 1.47. The maximum atomic E-state index is 12.5. The molecule has 0 bridgehead atoms. The number of fused-ring (bicyclic) bond motifs is 1. The molecule has 0 amide bonds. The second kappa shape index (κ2) is 6.79. The molecule has 1 aliphatic carbocycles. The molecule has 0 atom stereocenters. The van der Waals surface area contributed by atoms with Crippen LogP contribution >= 0.6 is 0 Å². The van der Waals surface area contributed by atoms with E-state index in [1.54, 1.807) is 25.3 Å².